The Labute approximate surface area is 153 Å². The molecule has 0 spiro atoms. The lowest BCUT2D eigenvalue weighted by molar-refractivity contribution is 0.298. The van der Waals surface area contributed by atoms with Gasteiger partial charge in [0.05, 0.1) is 11.8 Å². The molecule has 2 saturated carbocycles. The van der Waals surface area contributed by atoms with Crippen LogP contribution in [-0.2, 0) is 0 Å². The number of nitrogens with zero attached hydrogens (tertiary/aromatic N) is 2. The molecule has 1 aromatic heterocycles. The van der Waals surface area contributed by atoms with Crippen LogP contribution in [0.5, 0.6) is 5.88 Å². The van der Waals surface area contributed by atoms with Crippen LogP contribution in [0, 0.1) is 0 Å². The Hall–Kier alpha value is -1.89. The monoisotopic (exact) mass is 362 g/mol. The number of hydrogen-bond donors (Lipinski definition) is 3. The largest absolute Gasteiger partial charge is 0.494 e. The summed E-state index contributed by atoms with van der Waals surface area (Å²) in [5.41, 5.74) is 5.77. The number of rotatable bonds is 4. The van der Waals surface area contributed by atoms with Crippen molar-refractivity contribution in [2.45, 2.75) is 89.3 Å². The Morgan fingerprint density at radius 1 is 1.15 bits per heavy atom. The van der Waals surface area contributed by atoms with Crippen molar-refractivity contribution in [3.05, 3.63) is 26.4 Å². The normalized spacial score (nSPS) is 25.4. The van der Waals surface area contributed by atoms with Crippen LogP contribution < -0.4 is 17.0 Å². The topological polar surface area (TPSA) is 113 Å². The lowest BCUT2D eigenvalue weighted by Gasteiger charge is -2.27. The quantitative estimate of drug-likeness (QED) is 0.713. The van der Waals surface area contributed by atoms with E-state index in [1.165, 1.54) is 4.57 Å². The summed E-state index contributed by atoms with van der Waals surface area (Å²) in [4.78, 5) is 32.0. The van der Waals surface area contributed by atoms with Gasteiger partial charge < -0.3 is 10.8 Å². The average Bonchev–Trinajstić information content (AvgIpc) is 2.63. The van der Waals surface area contributed by atoms with Crippen LogP contribution in [0.3, 0.4) is 0 Å². The van der Waals surface area contributed by atoms with Crippen molar-refractivity contribution in [2.24, 2.45) is 10.7 Å². The maximum absolute atomic E-state index is 12.5. The Bertz CT molecular complexity index is 774. The second-order valence-corrected chi connectivity index (χ2v) is 7.56. The highest BCUT2D eigenvalue weighted by atomic mass is 16.3. The third-order valence-corrected chi connectivity index (χ3v) is 5.78. The molecule has 2 fully saturated rings. The lowest BCUT2D eigenvalue weighted by Crippen LogP contribution is -2.39. The zero-order valence-corrected chi connectivity index (χ0v) is 15.5. The van der Waals surface area contributed by atoms with E-state index in [0.717, 1.165) is 57.8 Å². The van der Waals surface area contributed by atoms with E-state index in [0.29, 0.717) is 12.1 Å². The lowest BCUT2D eigenvalue weighted by atomic mass is 9.91. The van der Waals surface area contributed by atoms with Crippen molar-refractivity contribution in [1.29, 1.82) is 0 Å². The summed E-state index contributed by atoms with van der Waals surface area (Å²) in [7, 11) is 0. The van der Waals surface area contributed by atoms with Crippen molar-refractivity contribution in [2.75, 3.05) is 0 Å². The first-order valence-electron chi connectivity index (χ1n) is 9.93. The molecule has 0 aromatic carbocycles. The summed E-state index contributed by atoms with van der Waals surface area (Å²) in [6.45, 7) is 1.90. The van der Waals surface area contributed by atoms with E-state index in [1.807, 2.05) is 6.92 Å². The van der Waals surface area contributed by atoms with Crippen molar-refractivity contribution < 1.29 is 5.11 Å². The third-order valence-electron chi connectivity index (χ3n) is 5.78. The van der Waals surface area contributed by atoms with E-state index in [9.17, 15) is 14.7 Å². The summed E-state index contributed by atoms with van der Waals surface area (Å²) in [6.07, 6.45) is 9.37. The van der Waals surface area contributed by atoms with Gasteiger partial charge in [0, 0.05) is 12.1 Å². The van der Waals surface area contributed by atoms with Gasteiger partial charge in [-0.05, 0) is 32.1 Å². The van der Waals surface area contributed by atoms with Gasteiger partial charge in [0.15, 0.2) is 0 Å². The molecular weight excluding hydrogens is 332 g/mol. The van der Waals surface area contributed by atoms with E-state index in [4.69, 9.17) is 10.7 Å². The van der Waals surface area contributed by atoms with Gasteiger partial charge >= 0.3 is 5.69 Å². The van der Waals surface area contributed by atoms with Crippen LogP contribution in [-0.4, -0.2) is 32.5 Å². The van der Waals surface area contributed by atoms with Crippen LogP contribution in [0.25, 0.3) is 0 Å². The molecule has 0 bridgehead atoms. The van der Waals surface area contributed by atoms with Crippen LogP contribution in [0.15, 0.2) is 14.6 Å². The fourth-order valence-corrected chi connectivity index (χ4v) is 4.31. The molecule has 1 heterocycles. The maximum Gasteiger partial charge on any atom is 0.331 e. The Balaban J connectivity index is 2.04. The Kier molecular flexibility index (Phi) is 5.96. The second kappa shape index (κ2) is 8.20. The van der Waals surface area contributed by atoms with Crippen LogP contribution >= 0.6 is 0 Å². The number of hydrogen-bond acceptors (Lipinski definition) is 5. The van der Waals surface area contributed by atoms with Crippen molar-refractivity contribution in [1.82, 2.24) is 9.55 Å². The number of nitrogens with two attached hydrogens (primary N) is 1. The first-order chi connectivity index (χ1) is 12.5. The Morgan fingerprint density at radius 2 is 1.81 bits per heavy atom. The molecule has 3 rings (SSSR count). The van der Waals surface area contributed by atoms with Crippen LogP contribution in [0.4, 0.5) is 0 Å². The zero-order valence-electron chi connectivity index (χ0n) is 15.5. The number of aliphatic imine (C=N–C) groups is 1. The second-order valence-electron chi connectivity index (χ2n) is 7.56. The average molecular weight is 362 g/mol. The van der Waals surface area contributed by atoms with Crippen molar-refractivity contribution >= 4 is 5.71 Å². The van der Waals surface area contributed by atoms with Crippen LogP contribution in [0.1, 0.15) is 82.7 Å². The first-order valence-corrected chi connectivity index (χ1v) is 9.93. The highest BCUT2D eigenvalue weighted by Gasteiger charge is 2.27. The molecule has 0 unspecified atom stereocenters. The standard InChI is InChI=1S/C19H30N4O3/c1-2-14(21-15-11-7-6-10-13(15)20)16-17(24)22-19(26)23(18(16)25)12-8-4-3-5-9-12/h12-13,15,25H,2-11,20H2,1H3,(H,22,24,26)/t13-,15+/m1/s1. The first kappa shape index (κ1) is 18.9. The summed E-state index contributed by atoms with van der Waals surface area (Å²) in [5, 5.41) is 10.8. The fourth-order valence-electron chi connectivity index (χ4n) is 4.31. The minimum atomic E-state index is -0.565. The minimum absolute atomic E-state index is 0.0178. The maximum atomic E-state index is 12.5. The van der Waals surface area contributed by atoms with E-state index < -0.39 is 11.2 Å². The molecule has 7 nitrogen and oxygen atoms in total. The van der Waals surface area contributed by atoms with Gasteiger partial charge in [0.25, 0.3) is 5.56 Å². The van der Waals surface area contributed by atoms with Gasteiger partial charge in [-0.2, -0.15) is 0 Å². The summed E-state index contributed by atoms with van der Waals surface area (Å²) in [5.74, 6) is -0.240. The molecule has 4 N–H and O–H groups in total. The summed E-state index contributed by atoms with van der Waals surface area (Å²) >= 11 is 0. The van der Waals surface area contributed by atoms with Gasteiger partial charge in [0.1, 0.15) is 5.56 Å². The summed E-state index contributed by atoms with van der Waals surface area (Å²) < 4.78 is 1.36. The van der Waals surface area contributed by atoms with E-state index in [-0.39, 0.29) is 29.6 Å². The van der Waals surface area contributed by atoms with Crippen LogP contribution in [0.2, 0.25) is 0 Å². The highest BCUT2D eigenvalue weighted by molar-refractivity contribution is 6.02. The van der Waals surface area contributed by atoms with Gasteiger partial charge in [0.2, 0.25) is 5.88 Å². The molecule has 26 heavy (non-hydrogen) atoms. The molecule has 144 valence electrons. The predicted octanol–water partition coefficient (Wildman–Crippen LogP) is 2.22. The van der Waals surface area contributed by atoms with Gasteiger partial charge in [-0.3, -0.25) is 19.3 Å². The number of aromatic amines is 1. The molecular formula is C19H30N4O3. The molecule has 0 aliphatic heterocycles. The molecule has 2 atom stereocenters. The smallest absolute Gasteiger partial charge is 0.331 e. The molecule has 7 heteroatoms. The number of aromatic nitrogens is 2. The molecule has 1 aromatic rings. The van der Waals surface area contributed by atoms with Crippen molar-refractivity contribution in [3.8, 4) is 5.88 Å². The molecule has 0 radical (unpaired) electrons. The van der Waals surface area contributed by atoms with Gasteiger partial charge in [-0.25, -0.2) is 4.79 Å². The van der Waals surface area contributed by atoms with Gasteiger partial charge in [-0.1, -0.05) is 39.0 Å². The highest BCUT2D eigenvalue weighted by Crippen LogP contribution is 2.30. The molecule has 2 aliphatic carbocycles. The fraction of sp³-hybridized carbons (Fsp3) is 0.737. The third kappa shape index (κ3) is 3.77. The van der Waals surface area contributed by atoms with E-state index >= 15 is 0 Å². The zero-order chi connectivity index (χ0) is 18.7. The number of nitrogens with one attached hydrogen (secondary N) is 1. The Morgan fingerprint density at radius 3 is 2.46 bits per heavy atom. The minimum Gasteiger partial charge on any atom is -0.494 e. The molecule has 2 aliphatic rings. The van der Waals surface area contributed by atoms with E-state index in [2.05, 4.69) is 4.98 Å². The van der Waals surface area contributed by atoms with E-state index in [1.54, 1.807) is 0 Å². The number of aromatic hydroxyl groups is 1. The number of H-pyrrole nitrogens is 1. The van der Waals surface area contributed by atoms with Gasteiger partial charge in [-0.15, -0.1) is 0 Å². The molecule has 0 saturated heterocycles. The predicted molar refractivity (Wildman–Crippen MR) is 102 cm³/mol. The SMILES string of the molecule is CCC(=N[C@H]1CCCC[C@H]1N)c1c(O)n(C2CCCCC2)c(=O)[nH]c1=O. The summed E-state index contributed by atoms with van der Waals surface area (Å²) in [6, 6.07) is -0.120. The molecule has 0 amide bonds. The van der Waals surface area contributed by atoms with Crippen molar-refractivity contribution in [3.63, 3.8) is 0 Å².